The van der Waals surface area contributed by atoms with E-state index in [1.165, 1.54) is 4.68 Å². The molecule has 0 radical (unpaired) electrons. The van der Waals surface area contributed by atoms with Gasteiger partial charge in [-0.2, -0.15) is 5.10 Å². The zero-order valence-corrected chi connectivity index (χ0v) is 8.23. The van der Waals surface area contributed by atoms with Gasteiger partial charge >= 0.3 is 0 Å². The Bertz CT molecular complexity index is 460. The van der Waals surface area contributed by atoms with Crippen molar-refractivity contribution in [3.05, 3.63) is 41.6 Å². The first-order chi connectivity index (χ1) is 6.66. The number of hydrogen-bond donors (Lipinski definition) is 1. The lowest BCUT2D eigenvalue weighted by molar-refractivity contribution is 0.433. The molecule has 0 atom stereocenters. The van der Waals surface area contributed by atoms with Crippen molar-refractivity contribution in [2.75, 3.05) is 0 Å². The molecule has 2 rings (SSSR count). The standard InChI is InChI=1S/C11H12N2O/c1-8-4-3-5-10(6-8)13-11(14)7-9(2)12-13/h3-7,14H,1-2H3. The summed E-state index contributed by atoms with van der Waals surface area (Å²) in [6, 6.07) is 9.49. The lowest BCUT2D eigenvalue weighted by atomic mass is 10.2. The van der Waals surface area contributed by atoms with Gasteiger partial charge in [-0.1, -0.05) is 12.1 Å². The summed E-state index contributed by atoms with van der Waals surface area (Å²) < 4.78 is 1.53. The molecule has 3 heteroatoms. The zero-order valence-electron chi connectivity index (χ0n) is 8.23. The van der Waals surface area contributed by atoms with Crippen LogP contribution in [0.15, 0.2) is 30.3 Å². The number of aromatic nitrogens is 2. The lowest BCUT2D eigenvalue weighted by Gasteiger charge is -2.03. The smallest absolute Gasteiger partial charge is 0.214 e. The van der Waals surface area contributed by atoms with Crippen LogP contribution in [-0.4, -0.2) is 14.9 Å². The second-order valence-electron chi connectivity index (χ2n) is 3.39. The van der Waals surface area contributed by atoms with E-state index >= 15 is 0 Å². The van der Waals surface area contributed by atoms with Crippen molar-refractivity contribution in [3.63, 3.8) is 0 Å². The van der Waals surface area contributed by atoms with Gasteiger partial charge in [0.1, 0.15) is 0 Å². The van der Waals surface area contributed by atoms with Crippen molar-refractivity contribution in [3.8, 4) is 11.6 Å². The average molecular weight is 188 g/mol. The molecule has 0 unspecified atom stereocenters. The molecule has 1 heterocycles. The molecule has 72 valence electrons. The van der Waals surface area contributed by atoms with Crippen LogP contribution in [0.3, 0.4) is 0 Å². The molecule has 1 aromatic carbocycles. The van der Waals surface area contributed by atoms with Crippen LogP contribution in [-0.2, 0) is 0 Å². The number of rotatable bonds is 1. The Kier molecular flexibility index (Phi) is 2.00. The number of hydrogen-bond acceptors (Lipinski definition) is 2. The lowest BCUT2D eigenvalue weighted by Crippen LogP contribution is -1.96. The quantitative estimate of drug-likeness (QED) is 0.745. The first kappa shape index (κ1) is 8.81. The summed E-state index contributed by atoms with van der Waals surface area (Å²) in [5, 5.41) is 13.8. The van der Waals surface area contributed by atoms with Gasteiger partial charge in [-0.15, -0.1) is 0 Å². The van der Waals surface area contributed by atoms with Crippen molar-refractivity contribution in [2.24, 2.45) is 0 Å². The van der Waals surface area contributed by atoms with E-state index in [0.29, 0.717) is 0 Å². The number of nitrogens with zero attached hydrogens (tertiary/aromatic N) is 2. The summed E-state index contributed by atoms with van der Waals surface area (Å²) in [6.45, 7) is 3.86. The van der Waals surface area contributed by atoms with E-state index in [4.69, 9.17) is 0 Å². The average Bonchev–Trinajstić information content (AvgIpc) is 2.45. The summed E-state index contributed by atoms with van der Waals surface area (Å²) in [6.07, 6.45) is 0. The molecule has 1 N–H and O–H groups in total. The third kappa shape index (κ3) is 1.48. The molecule has 0 saturated heterocycles. The Morgan fingerprint density at radius 2 is 2.00 bits per heavy atom. The molecule has 2 aromatic rings. The van der Waals surface area contributed by atoms with Crippen molar-refractivity contribution in [1.82, 2.24) is 9.78 Å². The van der Waals surface area contributed by atoms with E-state index in [2.05, 4.69) is 5.10 Å². The van der Waals surface area contributed by atoms with E-state index in [9.17, 15) is 5.11 Å². The summed E-state index contributed by atoms with van der Waals surface area (Å²) in [5.41, 5.74) is 2.84. The summed E-state index contributed by atoms with van der Waals surface area (Å²) >= 11 is 0. The molecule has 0 bridgehead atoms. The molecule has 3 nitrogen and oxygen atoms in total. The van der Waals surface area contributed by atoms with Crippen molar-refractivity contribution >= 4 is 0 Å². The second kappa shape index (κ2) is 3.18. The molecule has 0 aliphatic rings. The van der Waals surface area contributed by atoms with Gasteiger partial charge in [0.15, 0.2) is 0 Å². The number of aromatic hydroxyl groups is 1. The first-order valence-electron chi connectivity index (χ1n) is 4.49. The predicted octanol–water partition coefficient (Wildman–Crippen LogP) is 2.19. The van der Waals surface area contributed by atoms with Crippen molar-refractivity contribution < 1.29 is 5.11 Å². The Morgan fingerprint density at radius 1 is 1.21 bits per heavy atom. The largest absolute Gasteiger partial charge is 0.493 e. The monoisotopic (exact) mass is 188 g/mol. The maximum absolute atomic E-state index is 9.58. The minimum atomic E-state index is 0.174. The van der Waals surface area contributed by atoms with Crippen LogP contribution in [0.1, 0.15) is 11.3 Å². The highest BCUT2D eigenvalue weighted by molar-refractivity contribution is 5.38. The fourth-order valence-electron chi connectivity index (χ4n) is 1.44. The Balaban J connectivity index is 2.54. The number of aryl methyl sites for hydroxylation is 2. The minimum absolute atomic E-state index is 0.174. The highest BCUT2D eigenvalue weighted by Gasteiger charge is 2.04. The van der Waals surface area contributed by atoms with Gasteiger partial charge < -0.3 is 5.11 Å². The molecule has 0 spiro atoms. The van der Waals surface area contributed by atoms with E-state index < -0.39 is 0 Å². The van der Waals surface area contributed by atoms with Crippen molar-refractivity contribution in [1.29, 1.82) is 0 Å². The minimum Gasteiger partial charge on any atom is -0.493 e. The maximum Gasteiger partial charge on any atom is 0.214 e. The van der Waals surface area contributed by atoms with Crippen LogP contribution in [0.25, 0.3) is 5.69 Å². The van der Waals surface area contributed by atoms with Gasteiger partial charge in [0.05, 0.1) is 11.4 Å². The van der Waals surface area contributed by atoms with Crippen LogP contribution in [0.2, 0.25) is 0 Å². The molecule has 0 saturated carbocycles. The molecule has 0 amide bonds. The first-order valence-corrected chi connectivity index (χ1v) is 4.49. The summed E-state index contributed by atoms with van der Waals surface area (Å²) in [4.78, 5) is 0. The van der Waals surface area contributed by atoms with Gasteiger partial charge in [-0.3, -0.25) is 0 Å². The van der Waals surface area contributed by atoms with Crippen LogP contribution >= 0.6 is 0 Å². The molecular weight excluding hydrogens is 176 g/mol. The Morgan fingerprint density at radius 3 is 2.57 bits per heavy atom. The topological polar surface area (TPSA) is 38.0 Å². The fourth-order valence-corrected chi connectivity index (χ4v) is 1.44. The predicted molar refractivity (Wildman–Crippen MR) is 54.7 cm³/mol. The van der Waals surface area contributed by atoms with E-state index in [1.807, 2.05) is 38.1 Å². The molecular formula is C11H12N2O. The van der Waals surface area contributed by atoms with Crippen LogP contribution in [0.5, 0.6) is 5.88 Å². The van der Waals surface area contributed by atoms with E-state index in [-0.39, 0.29) is 5.88 Å². The van der Waals surface area contributed by atoms with Gasteiger partial charge in [-0.05, 0) is 31.5 Å². The Hall–Kier alpha value is -1.77. The summed E-state index contributed by atoms with van der Waals surface area (Å²) in [5.74, 6) is 0.174. The van der Waals surface area contributed by atoms with Gasteiger partial charge in [0.25, 0.3) is 0 Å². The molecule has 1 aromatic heterocycles. The normalized spacial score (nSPS) is 10.4. The molecule has 0 aliphatic carbocycles. The molecule has 0 fully saturated rings. The zero-order chi connectivity index (χ0) is 10.1. The maximum atomic E-state index is 9.58. The van der Waals surface area contributed by atoms with Crippen molar-refractivity contribution in [2.45, 2.75) is 13.8 Å². The van der Waals surface area contributed by atoms with Crippen LogP contribution in [0, 0.1) is 13.8 Å². The highest BCUT2D eigenvalue weighted by Crippen LogP contribution is 2.17. The SMILES string of the molecule is Cc1cccc(-n2nc(C)cc2O)c1. The summed E-state index contributed by atoms with van der Waals surface area (Å²) in [7, 11) is 0. The highest BCUT2D eigenvalue weighted by atomic mass is 16.3. The molecule has 14 heavy (non-hydrogen) atoms. The Labute approximate surface area is 82.6 Å². The van der Waals surface area contributed by atoms with E-state index in [1.54, 1.807) is 6.07 Å². The van der Waals surface area contributed by atoms with Crippen LogP contribution in [0.4, 0.5) is 0 Å². The van der Waals surface area contributed by atoms with Crippen LogP contribution < -0.4 is 0 Å². The third-order valence-electron chi connectivity index (χ3n) is 2.06. The van der Waals surface area contributed by atoms with E-state index in [0.717, 1.165) is 16.9 Å². The van der Waals surface area contributed by atoms with Gasteiger partial charge in [-0.25, -0.2) is 4.68 Å². The second-order valence-corrected chi connectivity index (χ2v) is 3.39. The molecule has 0 aliphatic heterocycles. The fraction of sp³-hybridized carbons (Fsp3) is 0.182. The number of benzene rings is 1. The van der Waals surface area contributed by atoms with Gasteiger partial charge in [0, 0.05) is 6.07 Å². The third-order valence-corrected chi connectivity index (χ3v) is 2.06. The van der Waals surface area contributed by atoms with Gasteiger partial charge in [0.2, 0.25) is 5.88 Å².